The predicted octanol–water partition coefficient (Wildman–Crippen LogP) is 4.24. The topological polar surface area (TPSA) is 75.4 Å². The van der Waals surface area contributed by atoms with Gasteiger partial charge in [-0.1, -0.05) is 0 Å². The lowest BCUT2D eigenvalue weighted by atomic mass is 10.3. The van der Waals surface area contributed by atoms with Gasteiger partial charge in [-0.05, 0) is 59.1 Å². The number of nitrogens with one attached hydrogen (secondary N) is 1. The maximum Gasteiger partial charge on any atom is 0.264 e. The molecule has 1 aliphatic rings. The molecule has 1 aromatic carbocycles. The molecule has 0 radical (unpaired) electrons. The summed E-state index contributed by atoms with van der Waals surface area (Å²) in [5.41, 5.74) is 2.09. The van der Waals surface area contributed by atoms with Gasteiger partial charge in [0.1, 0.15) is 5.52 Å². The number of nitrogens with zero attached hydrogens (tertiary/aromatic N) is 2. The summed E-state index contributed by atoms with van der Waals surface area (Å²) in [7, 11) is 1.61. The van der Waals surface area contributed by atoms with E-state index in [-0.39, 0.29) is 18.4 Å². The SMILES string of the molecule is CN(CC(=O)Nc1ccc2oc(C3CC3)nc2c1)C(=O)c1ccc(Br)s1. The average Bonchev–Trinajstić information content (AvgIpc) is 3.23. The molecule has 134 valence electrons. The highest BCUT2D eigenvalue weighted by molar-refractivity contribution is 9.11. The van der Waals surface area contributed by atoms with E-state index in [1.54, 1.807) is 25.2 Å². The minimum absolute atomic E-state index is 0.0292. The Morgan fingerprint density at radius 3 is 2.85 bits per heavy atom. The molecular formula is C18H16BrN3O3S. The van der Waals surface area contributed by atoms with Crippen LogP contribution in [0, 0.1) is 0 Å². The smallest absolute Gasteiger partial charge is 0.264 e. The van der Waals surface area contributed by atoms with E-state index in [1.165, 1.54) is 16.2 Å². The molecule has 0 unspecified atom stereocenters. The first-order valence-corrected chi connectivity index (χ1v) is 9.81. The Balaban J connectivity index is 1.40. The number of hydrogen-bond acceptors (Lipinski definition) is 5. The molecule has 26 heavy (non-hydrogen) atoms. The van der Waals surface area contributed by atoms with Gasteiger partial charge in [-0.25, -0.2) is 4.98 Å². The highest BCUT2D eigenvalue weighted by Crippen LogP contribution is 2.40. The average molecular weight is 434 g/mol. The number of fused-ring (bicyclic) bond motifs is 1. The van der Waals surface area contributed by atoms with Gasteiger partial charge < -0.3 is 14.6 Å². The molecule has 1 aliphatic carbocycles. The van der Waals surface area contributed by atoms with Gasteiger partial charge in [0, 0.05) is 18.7 Å². The second kappa shape index (κ2) is 6.85. The molecule has 0 atom stereocenters. The normalized spacial score (nSPS) is 13.8. The first kappa shape index (κ1) is 17.2. The van der Waals surface area contributed by atoms with Crippen LogP contribution in [0.15, 0.2) is 38.5 Å². The fourth-order valence-corrected chi connectivity index (χ4v) is 4.01. The number of aromatic nitrogens is 1. The molecule has 3 aromatic rings. The number of amides is 2. The van der Waals surface area contributed by atoms with Crippen molar-refractivity contribution in [3.63, 3.8) is 0 Å². The Hall–Kier alpha value is -2.19. The molecule has 2 amide bonds. The van der Waals surface area contributed by atoms with E-state index in [4.69, 9.17) is 4.42 Å². The largest absolute Gasteiger partial charge is 0.440 e. The van der Waals surface area contributed by atoms with Crippen molar-refractivity contribution in [2.24, 2.45) is 0 Å². The zero-order chi connectivity index (χ0) is 18.3. The molecule has 0 saturated heterocycles. The Morgan fingerprint density at radius 1 is 1.35 bits per heavy atom. The van der Waals surface area contributed by atoms with E-state index in [9.17, 15) is 9.59 Å². The van der Waals surface area contributed by atoms with Crippen molar-refractivity contribution < 1.29 is 14.0 Å². The number of oxazole rings is 1. The fourth-order valence-electron chi connectivity index (χ4n) is 2.63. The summed E-state index contributed by atoms with van der Waals surface area (Å²) in [6, 6.07) is 8.93. The molecule has 0 bridgehead atoms. The summed E-state index contributed by atoms with van der Waals surface area (Å²) in [6.07, 6.45) is 2.25. The maximum absolute atomic E-state index is 12.3. The van der Waals surface area contributed by atoms with Crippen LogP contribution in [-0.2, 0) is 4.79 Å². The summed E-state index contributed by atoms with van der Waals surface area (Å²) in [5.74, 6) is 0.770. The van der Waals surface area contributed by atoms with Gasteiger partial charge in [-0.2, -0.15) is 0 Å². The number of benzene rings is 1. The molecule has 8 heteroatoms. The molecule has 0 aliphatic heterocycles. The van der Waals surface area contributed by atoms with Gasteiger partial charge in [0.2, 0.25) is 5.91 Å². The predicted molar refractivity (Wildman–Crippen MR) is 104 cm³/mol. The van der Waals surface area contributed by atoms with E-state index < -0.39 is 0 Å². The summed E-state index contributed by atoms with van der Waals surface area (Å²) < 4.78 is 6.60. The third-order valence-electron chi connectivity index (χ3n) is 4.13. The van der Waals surface area contributed by atoms with E-state index >= 15 is 0 Å². The molecule has 4 rings (SSSR count). The first-order chi connectivity index (χ1) is 12.5. The van der Waals surface area contributed by atoms with Gasteiger partial charge in [-0.3, -0.25) is 9.59 Å². The van der Waals surface area contributed by atoms with Gasteiger partial charge in [0.25, 0.3) is 5.91 Å². The van der Waals surface area contributed by atoms with Crippen LogP contribution < -0.4 is 5.32 Å². The minimum atomic E-state index is -0.262. The number of halogens is 1. The molecule has 1 fully saturated rings. The Labute approximate surface area is 162 Å². The van der Waals surface area contributed by atoms with Crippen molar-refractivity contribution in [3.05, 3.63) is 44.9 Å². The second-order valence-corrected chi connectivity index (χ2v) is 8.79. The quantitative estimate of drug-likeness (QED) is 0.652. The molecule has 2 aromatic heterocycles. The van der Waals surface area contributed by atoms with Crippen molar-refractivity contribution >= 4 is 55.9 Å². The summed E-state index contributed by atoms with van der Waals surface area (Å²) in [5, 5.41) is 2.81. The van der Waals surface area contributed by atoms with E-state index in [0.717, 1.165) is 33.6 Å². The van der Waals surface area contributed by atoms with Gasteiger partial charge in [-0.15, -0.1) is 11.3 Å². The lowest BCUT2D eigenvalue weighted by Crippen LogP contribution is -2.34. The number of rotatable bonds is 5. The summed E-state index contributed by atoms with van der Waals surface area (Å²) in [4.78, 5) is 31.0. The Bertz CT molecular complexity index is 993. The van der Waals surface area contributed by atoms with E-state index in [1.807, 2.05) is 12.1 Å². The molecular weight excluding hydrogens is 418 g/mol. The van der Waals surface area contributed by atoms with Gasteiger partial charge in [0.15, 0.2) is 11.5 Å². The standard InChI is InChI=1S/C18H16BrN3O3S/c1-22(18(24)14-6-7-15(19)26-14)9-16(23)20-11-4-5-13-12(8-11)21-17(25-13)10-2-3-10/h4-8,10H,2-3,9H2,1H3,(H,20,23). The van der Waals surface area contributed by atoms with Crippen LogP contribution >= 0.6 is 27.3 Å². The molecule has 6 nitrogen and oxygen atoms in total. The molecule has 1 saturated carbocycles. The minimum Gasteiger partial charge on any atom is -0.440 e. The Morgan fingerprint density at radius 2 is 2.15 bits per heavy atom. The van der Waals surface area contributed by atoms with Crippen LogP contribution in [0.4, 0.5) is 5.69 Å². The van der Waals surface area contributed by atoms with Gasteiger partial charge in [0.05, 0.1) is 15.2 Å². The van der Waals surface area contributed by atoms with Crippen LogP contribution in [0.5, 0.6) is 0 Å². The van der Waals surface area contributed by atoms with Crippen molar-refractivity contribution in [1.29, 1.82) is 0 Å². The number of anilines is 1. The van der Waals surface area contributed by atoms with Crippen LogP contribution in [0.25, 0.3) is 11.1 Å². The van der Waals surface area contributed by atoms with Crippen LogP contribution in [0.1, 0.15) is 34.3 Å². The monoisotopic (exact) mass is 433 g/mol. The van der Waals surface area contributed by atoms with Crippen molar-refractivity contribution in [3.8, 4) is 0 Å². The van der Waals surface area contributed by atoms with Crippen molar-refractivity contribution in [2.45, 2.75) is 18.8 Å². The van der Waals surface area contributed by atoms with E-state index in [0.29, 0.717) is 16.5 Å². The number of carbonyl (C=O) groups is 2. The fraction of sp³-hybridized carbons (Fsp3) is 0.278. The van der Waals surface area contributed by atoms with Gasteiger partial charge >= 0.3 is 0 Å². The zero-order valence-electron chi connectivity index (χ0n) is 14.0. The first-order valence-electron chi connectivity index (χ1n) is 8.21. The lowest BCUT2D eigenvalue weighted by Gasteiger charge is -2.15. The van der Waals surface area contributed by atoms with Crippen LogP contribution in [0.2, 0.25) is 0 Å². The maximum atomic E-state index is 12.3. The summed E-state index contributed by atoms with van der Waals surface area (Å²) >= 11 is 4.68. The van der Waals surface area contributed by atoms with Crippen molar-refractivity contribution in [1.82, 2.24) is 9.88 Å². The lowest BCUT2D eigenvalue weighted by molar-refractivity contribution is -0.116. The highest BCUT2D eigenvalue weighted by atomic mass is 79.9. The van der Waals surface area contributed by atoms with Crippen molar-refractivity contribution in [2.75, 3.05) is 18.9 Å². The zero-order valence-corrected chi connectivity index (χ0v) is 16.4. The highest BCUT2D eigenvalue weighted by Gasteiger charge is 2.29. The number of hydrogen-bond donors (Lipinski definition) is 1. The third kappa shape index (κ3) is 3.66. The Kier molecular flexibility index (Phi) is 4.54. The molecule has 2 heterocycles. The molecule has 0 spiro atoms. The number of likely N-dealkylation sites (N-methyl/N-ethyl adjacent to an activating group) is 1. The second-order valence-electron chi connectivity index (χ2n) is 6.32. The van der Waals surface area contributed by atoms with E-state index in [2.05, 4.69) is 26.2 Å². The molecule has 1 N–H and O–H groups in total. The van der Waals surface area contributed by atoms with Crippen LogP contribution in [0.3, 0.4) is 0 Å². The third-order valence-corrected chi connectivity index (χ3v) is 5.74. The summed E-state index contributed by atoms with van der Waals surface area (Å²) in [6.45, 7) is -0.0292. The number of carbonyl (C=O) groups excluding carboxylic acids is 2. The van der Waals surface area contributed by atoms with Crippen LogP contribution in [-0.4, -0.2) is 35.3 Å². The number of thiophene rings is 1.